The molecular formula is C17H18FN3O. The Bertz CT molecular complexity index is 757. The Balaban J connectivity index is 1.71. The summed E-state index contributed by atoms with van der Waals surface area (Å²) in [5, 5.41) is 0.998. The summed E-state index contributed by atoms with van der Waals surface area (Å²) in [5.41, 5.74) is 6.87. The van der Waals surface area contributed by atoms with Crippen LogP contribution < -0.4 is 5.73 Å². The zero-order valence-electron chi connectivity index (χ0n) is 12.3. The summed E-state index contributed by atoms with van der Waals surface area (Å²) in [5.74, 6) is -0.403. The van der Waals surface area contributed by atoms with E-state index in [0.717, 1.165) is 12.8 Å². The summed E-state index contributed by atoms with van der Waals surface area (Å²) in [6.07, 6.45) is 6.49. The van der Waals surface area contributed by atoms with Crippen LogP contribution >= 0.6 is 0 Å². The van der Waals surface area contributed by atoms with Crippen molar-refractivity contribution in [3.8, 4) is 0 Å². The van der Waals surface area contributed by atoms with Crippen molar-refractivity contribution in [1.82, 2.24) is 9.88 Å². The van der Waals surface area contributed by atoms with E-state index in [1.54, 1.807) is 18.3 Å². The molecule has 2 N–H and O–H groups in total. The number of rotatable bonds is 1. The van der Waals surface area contributed by atoms with E-state index in [1.807, 2.05) is 4.90 Å². The van der Waals surface area contributed by atoms with Crippen molar-refractivity contribution in [3.63, 3.8) is 0 Å². The molecule has 1 saturated carbocycles. The first-order chi connectivity index (χ1) is 10.6. The highest BCUT2D eigenvalue weighted by Gasteiger charge is 2.50. The van der Waals surface area contributed by atoms with Gasteiger partial charge in [0.1, 0.15) is 5.82 Å². The number of amides is 1. The van der Waals surface area contributed by atoms with Crippen molar-refractivity contribution in [3.05, 3.63) is 42.0 Å². The van der Waals surface area contributed by atoms with Crippen LogP contribution in [0.3, 0.4) is 0 Å². The normalized spacial score (nSPS) is 23.0. The molecule has 1 amide bonds. The Morgan fingerprint density at radius 3 is 2.82 bits per heavy atom. The molecule has 0 radical (unpaired) electrons. The predicted octanol–water partition coefficient (Wildman–Crippen LogP) is 2.33. The number of benzene rings is 1. The fourth-order valence-electron chi connectivity index (χ4n) is 3.82. The molecule has 2 fully saturated rings. The van der Waals surface area contributed by atoms with Gasteiger partial charge in [-0.25, -0.2) is 4.39 Å². The number of nitrogens with zero attached hydrogens (tertiary/aromatic N) is 2. The van der Waals surface area contributed by atoms with Crippen molar-refractivity contribution in [2.75, 3.05) is 13.1 Å². The second kappa shape index (κ2) is 4.74. The second-order valence-corrected chi connectivity index (χ2v) is 6.52. The van der Waals surface area contributed by atoms with Crippen LogP contribution in [0.1, 0.15) is 29.6 Å². The third-order valence-electron chi connectivity index (χ3n) is 5.34. The average Bonchev–Trinajstić information content (AvgIpc) is 2.85. The summed E-state index contributed by atoms with van der Waals surface area (Å²) in [7, 11) is 0. The quantitative estimate of drug-likeness (QED) is 0.879. The molecule has 2 heterocycles. The fraction of sp³-hybridized carbons (Fsp3) is 0.412. The van der Waals surface area contributed by atoms with Crippen LogP contribution in [0.5, 0.6) is 0 Å². The number of fused-ring (bicyclic) bond motifs is 1. The van der Waals surface area contributed by atoms with Crippen molar-refractivity contribution in [2.24, 2.45) is 11.1 Å². The number of nitrogens with two attached hydrogens (primary N) is 1. The molecule has 4 nitrogen and oxygen atoms in total. The van der Waals surface area contributed by atoms with Crippen molar-refractivity contribution in [2.45, 2.75) is 25.3 Å². The van der Waals surface area contributed by atoms with Gasteiger partial charge in [0.25, 0.3) is 5.91 Å². The first-order valence-electron chi connectivity index (χ1n) is 7.68. The van der Waals surface area contributed by atoms with E-state index in [-0.39, 0.29) is 23.2 Å². The predicted molar refractivity (Wildman–Crippen MR) is 81.9 cm³/mol. The lowest BCUT2D eigenvalue weighted by atomic mass is 9.66. The van der Waals surface area contributed by atoms with Crippen LogP contribution in [0, 0.1) is 11.2 Å². The SMILES string of the molecule is NC1CN(C(=O)c2ccc(F)c3ccncc23)CC12CCC2. The Kier molecular flexibility index (Phi) is 2.94. The molecule has 2 aliphatic rings. The molecule has 1 saturated heterocycles. The largest absolute Gasteiger partial charge is 0.336 e. The van der Waals surface area contributed by atoms with Gasteiger partial charge in [-0.3, -0.25) is 9.78 Å². The molecule has 1 aromatic heterocycles. The topological polar surface area (TPSA) is 59.2 Å². The number of likely N-dealkylation sites (tertiary alicyclic amines) is 1. The molecule has 114 valence electrons. The highest BCUT2D eigenvalue weighted by atomic mass is 19.1. The van der Waals surface area contributed by atoms with E-state index >= 15 is 0 Å². The Hall–Kier alpha value is -2.01. The molecule has 1 aliphatic carbocycles. The molecule has 22 heavy (non-hydrogen) atoms. The maximum Gasteiger partial charge on any atom is 0.254 e. The fourth-order valence-corrected chi connectivity index (χ4v) is 3.82. The highest BCUT2D eigenvalue weighted by Crippen LogP contribution is 2.47. The van der Waals surface area contributed by atoms with E-state index in [0.29, 0.717) is 29.4 Å². The molecule has 4 rings (SSSR count). The van der Waals surface area contributed by atoms with E-state index < -0.39 is 0 Å². The Morgan fingerprint density at radius 1 is 1.32 bits per heavy atom. The molecule has 0 bridgehead atoms. The number of aromatic nitrogens is 1. The molecule has 5 heteroatoms. The van der Waals surface area contributed by atoms with Crippen molar-refractivity contribution in [1.29, 1.82) is 0 Å². The van der Waals surface area contributed by atoms with Crippen LogP contribution in [0.15, 0.2) is 30.6 Å². The summed E-state index contributed by atoms with van der Waals surface area (Å²) in [4.78, 5) is 18.7. The minimum absolute atomic E-state index is 0.0510. The standard InChI is InChI=1S/C17H18FN3O/c18-14-3-2-12(13-8-20-7-4-11(13)14)16(22)21-9-15(19)17(10-21)5-1-6-17/h2-4,7-8,15H,1,5-6,9-10,19H2. The summed E-state index contributed by atoms with van der Waals surface area (Å²) < 4.78 is 13.9. The van der Waals surface area contributed by atoms with Gasteiger partial charge in [-0.05, 0) is 31.0 Å². The van der Waals surface area contributed by atoms with Crippen molar-refractivity contribution >= 4 is 16.7 Å². The summed E-state index contributed by atoms with van der Waals surface area (Å²) in [6, 6.07) is 4.56. The van der Waals surface area contributed by atoms with Gasteiger partial charge >= 0.3 is 0 Å². The van der Waals surface area contributed by atoms with E-state index in [4.69, 9.17) is 5.73 Å². The molecule has 1 unspecified atom stereocenters. The molecule has 2 aromatic rings. The Labute approximate surface area is 128 Å². The number of carbonyl (C=O) groups is 1. The molecule has 1 aromatic carbocycles. The first-order valence-corrected chi connectivity index (χ1v) is 7.68. The number of carbonyl (C=O) groups excluding carboxylic acids is 1. The van der Waals surface area contributed by atoms with Gasteiger partial charge in [0.05, 0.1) is 0 Å². The number of halogens is 1. The van der Waals surface area contributed by atoms with Crippen LogP contribution in [0.2, 0.25) is 0 Å². The van der Waals surface area contributed by atoms with Gasteiger partial charge in [0, 0.05) is 53.3 Å². The lowest BCUT2D eigenvalue weighted by molar-refractivity contribution is 0.0728. The minimum Gasteiger partial charge on any atom is -0.336 e. The second-order valence-electron chi connectivity index (χ2n) is 6.52. The van der Waals surface area contributed by atoms with Gasteiger partial charge < -0.3 is 10.6 Å². The summed E-state index contributed by atoms with van der Waals surface area (Å²) in [6.45, 7) is 1.30. The highest BCUT2D eigenvalue weighted by molar-refractivity contribution is 6.07. The molecular weight excluding hydrogens is 281 g/mol. The van der Waals surface area contributed by atoms with E-state index in [1.165, 1.54) is 18.7 Å². The van der Waals surface area contributed by atoms with E-state index in [9.17, 15) is 9.18 Å². The van der Waals surface area contributed by atoms with E-state index in [2.05, 4.69) is 4.98 Å². The lowest BCUT2D eigenvalue weighted by Crippen LogP contribution is -2.45. The van der Waals surface area contributed by atoms with Gasteiger partial charge in [-0.1, -0.05) is 6.42 Å². The number of pyridine rings is 1. The smallest absolute Gasteiger partial charge is 0.254 e. The van der Waals surface area contributed by atoms with Crippen LogP contribution in [-0.2, 0) is 0 Å². The number of hydrogen-bond acceptors (Lipinski definition) is 3. The first kappa shape index (κ1) is 13.6. The van der Waals surface area contributed by atoms with Gasteiger partial charge in [0.15, 0.2) is 0 Å². The van der Waals surface area contributed by atoms with Crippen LogP contribution in [-0.4, -0.2) is 34.9 Å². The van der Waals surface area contributed by atoms with Gasteiger partial charge in [-0.2, -0.15) is 0 Å². The third-order valence-corrected chi connectivity index (χ3v) is 5.34. The molecule has 1 aliphatic heterocycles. The monoisotopic (exact) mass is 299 g/mol. The number of hydrogen-bond donors (Lipinski definition) is 1. The minimum atomic E-state index is -0.331. The third kappa shape index (κ3) is 1.85. The van der Waals surface area contributed by atoms with Crippen LogP contribution in [0.4, 0.5) is 4.39 Å². The Morgan fingerprint density at radius 2 is 2.14 bits per heavy atom. The molecule has 1 atom stereocenters. The average molecular weight is 299 g/mol. The van der Waals surface area contributed by atoms with Crippen molar-refractivity contribution < 1.29 is 9.18 Å². The molecule has 1 spiro atoms. The van der Waals surface area contributed by atoms with Crippen LogP contribution in [0.25, 0.3) is 10.8 Å². The summed E-state index contributed by atoms with van der Waals surface area (Å²) >= 11 is 0. The van der Waals surface area contributed by atoms with Gasteiger partial charge in [-0.15, -0.1) is 0 Å². The van der Waals surface area contributed by atoms with Gasteiger partial charge in [0.2, 0.25) is 0 Å². The zero-order chi connectivity index (χ0) is 15.3. The maximum absolute atomic E-state index is 13.9. The zero-order valence-corrected chi connectivity index (χ0v) is 12.3. The lowest BCUT2D eigenvalue weighted by Gasteiger charge is -2.41. The maximum atomic E-state index is 13.9.